The summed E-state index contributed by atoms with van der Waals surface area (Å²) in [5, 5.41) is 19.6. The minimum atomic E-state index is -0.920. The normalized spacial score (nSPS) is 22.3. The second-order valence-electron chi connectivity index (χ2n) is 6.81. The zero-order valence-corrected chi connectivity index (χ0v) is 14.3. The number of piperidine rings is 1. The molecule has 2 aliphatic rings. The fraction of sp³-hybridized carbons (Fsp3) is 0.350. The highest BCUT2D eigenvalue weighted by Gasteiger charge is 2.30. The zero-order chi connectivity index (χ0) is 18.1. The summed E-state index contributed by atoms with van der Waals surface area (Å²) in [7, 11) is 0. The molecular weight excluding hydrogens is 334 g/mol. The summed E-state index contributed by atoms with van der Waals surface area (Å²) in [5.74, 6) is 0.660. The Morgan fingerprint density at radius 1 is 1.12 bits per heavy atom. The van der Waals surface area contributed by atoms with Crippen LogP contribution in [0, 0.1) is 0 Å². The molecule has 6 nitrogen and oxygen atoms in total. The molecule has 0 radical (unpaired) electrons. The molecule has 1 saturated heterocycles. The first kappa shape index (κ1) is 16.9. The van der Waals surface area contributed by atoms with Crippen molar-refractivity contribution in [3.63, 3.8) is 0 Å². The van der Waals surface area contributed by atoms with E-state index in [1.54, 1.807) is 12.1 Å². The maximum absolute atomic E-state index is 10.9. The fourth-order valence-corrected chi connectivity index (χ4v) is 3.68. The quantitative estimate of drug-likeness (QED) is 0.877. The van der Waals surface area contributed by atoms with Crippen LogP contribution in [0.1, 0.15) is 33.8 Å². The molecule has 2 aromatic carbocycles. The number of benzene rings is 2. The summed E-state index contributed by atoms with van der Waals surface area (Å²) in [6, 6.07) is 12.8. The van der Waals surface area contributed by atoms with Gasteiger partial charge in [-0.15, -0.1) is 0 Å². The first-order chi connectivity index (χ1) is 12.6. The Bertz CT molecular complexity index is 804. The molecular formula is C20H21NO5. The van der Waals surface area contributed by atoms with Crippen molar-refractivity contribution in [3.8, 4) is 11.5 Å². The number of carboxylic acid groups (broad SMARTS) is 1. The third-order valence-electron chi connectivity index (χ3n) is 5.10. The SMILES string of the molecule is O=C(O)c1ccc(CN2CC[C@@H](c3ccc4c(c3)OCO4)[C@H](O)C2)cc1. The maximum Gasteiger partial charge on any atom is 0.335 e. The van der Waals surface area contributed by atoms with Gasteiger partial charge in [-0.25, -0.2) is 4.79 Å². The minimum absolute atomic E-state index is 0.0788. The lowest BCUT2D eigenvalue weighted by Crippen LogP contribution is -2.42. The molecule has 136 valence electrons. The molecule has 0 saturated carbocycles. The Morgan fingerprint density at radius 2 is 1.88 bits per heavy atom. The van der Waals surface area contributed by atoms with E-state index in [9.17, 15) is 9.90 Å². The number of ether oxygens (including phenoxy) is 2. The number of rotatable bonds is 4. The average Bonchev–Trinajstić information content (AvgIpc) is 3.10. The molecule has 0 unspecified atom stereocenters. The molecule has 2 heterocycles. The van der Waals surface area contributed by atoms with Gasteiger partial charge in [0.15, 0.2) is 11.5 Å². The number of likely N-dealkylation sites (tertiary alicyclic amines) is 1. The number of nitrogens with zero attached hydrogens (tertiary/aromatic N) is 1. The van der Waals surface area contributed by atoms with E-state index in [1.807, 2.05) is 30.3 Å². The lowest BCUT2D eigenvalue weighted by Gasteiger charge is -2.36. The van der Waals surface area contributed by atoms with Gasteiger partial charge in [0, 0.05) is 19.0 Å². The molecule has 0 aromatic heterocycles. The third-order valence-corrected chi connectivity index (χ3v) is 5.10. The van der Waals surface area contributed by atoms with Gasteiger partial charge in [-0.3, -0.25) is 4.90 Å². The van der Waals surface area contributed by atoms with Crippen LogP contribution in [-0.2, 0) is 6.54 Å². The van der Waals surface area contributed by atoms with E-state index < -0.39 is 12.1 Å². The van der Waals surface area contributed by atoms with Gasteiger partial charge in [-0.05, 0) is 48.4 Å². The van der Waals surface area contributed by atoms with Gasteiger partial charge < -0.3 is 19.7 Å². The molecule has 0 spiro atoms. The van der Waals surface area contributed by atoms with E-state index in [0.717, 1.165) is 35.6 Å². The smallest absolute Gasteiger partial charge is 0.335 e. The number of aliphatic hydroxyl groups excluding tert-OH is 1. The molecule has 2 N–H and O–H groups in total. The second kappa shape index (κ2) is 6.97. The van der Waals surface area contributed by atoms with Crippen molar-refractivity contribution in [2.24, 2.45) is 0 Å². The molecule has 2 atom stereocenters. The van der Waals surface area contributed by atoms with Crippen molar-refractivity contribution >= 4 is 5.97 Å². The van der Waals surface area contributed by atoms with Crippen LogP contribution in [0.4, 0.5) is 0 Å². The van der Waals surface area contributed by atoms with Crippen molar-refractivity contribution < 1.29 is 24.5 Å². The van der Waals surface area contributed by atoms with Crippen molar-refractivity contribution in [3.05, 3.63) is 59.2 Å². The molecule has 26 heavy (non-hydrogen) atoms. The van der Waals surface area contributed by atoms with Crippen LogP contribution in [0.25, 0.3) is 0 Å². The highest BCUT2D eigenvalue weighted by molar-refractivity contribution is 5.87. The van der Waals surface area contributed by atoms with Gasteiger partial charge in [-0.2, -0.15) is 0 Å². The van der Waals surface area contributed by atoms with Gasteiger partial charge >= 0.3 is 5.97 Å². The van der Waals surface area contributed by atoms with Crippen LogP contribution in [-0.4, -0.2) is 47.1 Å². The fourth-order valence-electron chi connectivity index (χ4n) is 3.68. The molecule has 0 amide bonds. The van der Waals surface area contributed by atoms with Crippen LogP contribution < -0.4 is 9.47 Å². The standard InChI is InChI=1S/C20H21NO5/c22-17-11-21(10-13-1-3-14(4-2-13)20(23)24)8-7-16(17)15-5-6-18-19(9-15)26-12-25-18/h1-6,9,16-17,22H,7-8,10-12H2,(H,23,24)/t16-,17+/m0/s1. The lowest BCUT2D eigenvalue weighted by molar-refractivity contribution is 0.0476. The van der Waals surface area contributed by atoms with Crippen molar-refractivity contribution in [2.75, 3.05) is 19.9 Å². The van der Waals surface area contributed by atoms with E-state index in [0.29, 0.717) is 13.1 Å². The van der Waals surface area contributed by atoms with Crippen molar-refractivity contribution in [2.45, 2.75) is 25.0 Å². The van der Waals surface area contributed by atoms with E-state index >= 15 is 0 Å². The zero-order valence-electron chi connectivity index (χ0n) is 14.3. The van der Waals surface area contributed by atoms with Crippen molar-refractivity contribution in [1.29, 1.82) is 0 Å². The highest BCUT2D eigenvalue weighted by Crippen LogP contribution is 2.37. The predicted octanol–water partition coefficient (Wildman–Crippen LogP) is 2.46. The summed E-state index contributed by atoms with van der Waals surface area (Å²) in [6.45, 7) is 2.40. The Balaban J connectivity index is 1.39. The predicted molar refractivity (Wildman–Crippen MR) is 94.6 cm³/mol. The molecule has 2 aromatic rings. The Kier molecular flexibility index (Phi) is 4.53. The van der Waals surface area contributed by atoms with Crippen LogP contribution in [0.15, 0.2) is 42.5 Å². The van der Waals surface area contributed by atoms with Gasteiger partial charge in [-0.1, -0.05) is 18.2 Å². The Labute approximate surface area is 151 Å². The molecule has 1 fully saturated rings. The Morgan fingerprint density at radius 3 is 2.62 bits per heavy atom. The van der Waals surface area contributed by atoms with Gasteiger partial charge in [0.05, 0.1) is 11.7 Å². The highest BCUT2D eigenvalue weighted by atomic mass is 16.7. The monoisotopic (exact) mass is 355 g/mol. The number of fused-ring (bicyclic) bond motifs is 1. The van der Waals surface area contributed by atoms with Crippen LogP contribution in [0.5, 0.6) is 11.5 Å². The Hall–Kier alpha value is -2.57. The van der Waals surface area contributed by atoms with E-state index in [1.165, 1.54) is 0 Å². The van der Waals surface area contributed by atoms with Gasteiger partial charge in [0.1, 0.15) is 0 Å². The number of hydrogen-bond donors (Lipinski definition) is 2. The summed E-state index contributed by atoms with van der Waals surface area (Å²) in [4.78, 5) is 13.1. The van der Waals surface area contributed by atoms with Crippen LogP contribution in [0.3, 0.4) is 0 Å². The third kappa shape index (κ3) is 3.38. The maximum atomic E-state index is 10.9. The van der Waals surface area contributed by atoms with E-state index in [2.05, 4.69) is 4.90 Å². The second-order valence-corrected chi connectivity index (χ2v) is 6.81. The van der Waals surface area contributed by atoms with Crippen molar-refractivity contribution in [1.82, 2.24) is 4.90 Å². The largest absolute Gasteiger partial charge is 0.478 e. The number of hydrogen-bond acceptors (Lipinski definition) is 5. The number of carboxylic acids is 1. The van der Waals surface area contributed by atoms with E-state index in [4.69, 9.17) is 14.6 Å². The number of carbonyl (C=O) groups is 1. The topological polar surface area (TPSA) is 79.2 Å². The van der Waals surface area contributed by atoms with Crippen LogP contribution >= 0.6 is 0 Å². The lowest BCUT2D eigenvalue weighted by atomic mass is 9.86. The molecule has 4 rings (SSSR count). The number of β-amino-alcohol motifs (C(OH)–C–C–N with tert-alkyl or cyclic N) is 1. The van der Waals surface area contributed by atoms with E-state index in [-0.39, 0.29) is 18.3 Å². The first-order valence-corrected chi connectivity index (χ1v) is 8.72. The molecule has 6 heteroatoms. The molecule has 0 aliphatic carbocycles. The number of aromatic carboxylic acids is 1. The molecule has 2 aliphatic heterocycles. The van der Waals surface area contributed by atoms with Gasteiger partial charge in [0.2, 0.25) is 6.79 Å². The summed E-state index contributed by atoms with van der Waals surface area (Å²) < 4.78 is 10.8. The van der Waals surface area contributed by atoms with Gasteiger partial charge in [0.25, 0.3) is 0 Å². The average molecular weight is 355 g/mol. The molecule has 0 bridgehead atoms. The summed E-state index contributed by atoms with van der Waals surface area (Å²) in [6.07, 6.45) is 0.399. The summed E-state index contributed by atoms with van der Waals surface area (Å²) in [5.41, 5.74) is 2.41. The number of aliphatic hydroxyl groups is 1. The summed E-state index contributed by atoms with van der Waals surface area (Å²) >= 11 is 0. The van der Waals surface area contributed by atoms with Crippen LogP contribution in [0.2, 0.25) is 0 Å². The minimum Gasteiger partial charge on any atom is -0.478 e. The first-order valence-electron chi connectivity index (χ1n) is 8.72.